The molecule has 0 radical (unpaired) electrons. The van der Waals surface area contributed by atoms with E-state index in [0.29, 0.717) is 55.3 Å². The van der Waals surface area contributed by atoms with Crippen molar-refractivity contribution < 1.29 is 35.9 Å². The number of unbranched alkanes of at least 4 members (excludes halogenated alkanes) is 2. The third-order valence-corrected chi connectivity index (χ3v) is 11.3. The van der Waals surface area contributed by atoms with Crippen molar-refractivity contribution in [2.24, 2.45) is 10.8 Å². The molecule has 1 aromatic heterocycles. The van der Waals surface area contributed by atoms with Gasteiger partial charge >= 0.3 is 12.4 Å². The smallest absolute Gasteiger partial charge is 0.399 e. The molecule has 262 valence electrons. The van der Waals surface area contributed by atoms with Gasteiger partial charge in [-0.2, -0.15) is 31.4 Å². The highest BCUT2D eigenvalue weighted by Gasteiger charge is 2.55. The van der Waals surface area contributed by atoms with Crippen LogP contribution in [-0.2, 0) is 22.4 Å². The molecule has 3 aromatic rings. The Morgan fingerprint density at radius 3 is 1.78 bits per heavy atom. The van der Waals surface area contributed by atoms with E-state index in [9.17, 15) is 35.9 Å². The molecule has 2 unspecified atom stereocenters. The maximum atomic E-state index is 13.8. The van der Waals surface area contributed by atoms with Gasteiger partial charge in [-0.25, -0.2) is 0 Å². The van der Waals surface area contributed by atoms with E-state index in [1.54, 1.807) is 30.5 Å². The van der Waals surface area contributed by atoms with E-state index in [-0.39, 0.29) is 24.0 Å². The topological polar surface area (TPSA) is 88.8 Å². The Labute approximate surface area is 281 Å². The monoisotopic (exact) mass is 685 g/mol. The Kier molecular flexibility index (Phi) is 8.89. The first-order chi connectivity index (χ1) is 23.1. The third kappa shape index (κ3) is 5.80. The molecule has 1 heterocycles. The number of ketones is 2. The number of fused-ring (bicyclic) bond motifs is 8. The molecule has 0 fully saturated rings. The predicted molar refractivity (Wildman–Crippen MR) is 177 cm³/mol. The van der Waals surface area contributed by atoms with Crippen molar-refractivity contribution in [2.75, 3.05) is 5.73 Å². The molecule has 7 rings (SSSR count). The highest BCUT2D eigenvalue weighted by Crippen LogP contribution is 2.61. The number of carbonyl (C=O) groups excluding carboxylic acids is 2. The van der Waals surface area contributed by atoms with Crippen LogP contribution in [0.2, 0.25) is 0 Å². The summed E-state index contributed by atoms with van der Waals surface area (Å²) < 4.78 is 82.4. The Balaban J connectivity index is 0.000000170. The second kappa shape index (κ2) is 12.5. The average molecular weight is 686 g/mol. The van der Waals surface area contributed by atoms with Crippen LogP contribution in [0.25, 0.3) is 22.0 Å². The van der Waals surface area contributed by atoms with Crippen LogP contribution in [0, 0.1) is 17.8 Å². The Bertz CT molecular complexity index is 1900. The first-order valence-electron chi connectivity index (χ1n) is 17.1. The fourth-order valence-electron chi connectivity index (χ4n) is 8.93. The van der Waals surface area contributed by atoms with Gasteiger partial charge in [0.05, 0.1) is 11.7 Å². The van der Waals surface area contributed by atoms with Crippen molar-refractivity contribution in [1.29, 1.82) is 0 Å². The first-order valence-corrected chi connectivity index (χ1v) is 17.1. The van der Waals surface area contributed by atoms with Crippen LogP contribution >= 0.6 is 0 Å². The number of rotatable bonds is 6. The van der Waals surface area contributed by atoms with Gasteiger partial charge in [0.2, 0.25) is 0 Å². The summed E-state index contributed by atoms with van der Waals surface area (Å²) in [6.45, 7) is 5.92. The van der Waals surface area contributed by atoms with Crippen LogP contribution in [0.1, 0.15) is 106 Å². The molecule has 0 amide bonds. The number of alkyl halides is 6. The van der Waals surface area contributed by atoms with E-state index in [2.05, 4.69) is 10.2 Å². The van der Waals surface area contributed by atoms with E-state index >= 15 is 0 Å². The van der Waals surface area contributed by atoms with E-state index in [4.69, 9.17) is 5.73 Å². The standard InChI is InChI=1S/C19H19F3N2O.C19H22F3NO/c1-2-3-7-18-8-6-15(25)17(19(20,21)22)16(18)11-4-5-14-13(10-23-24-14)12(11)9-18;1-3-4-8-18-9-7-15(24)17(19(20,21)22)16(18)12-5-6-14(23)11(2)13(12)10-18/h4-5,10H,2-3,6-9H2,1H3,(H,23,24);5-6H,3-4,7-10,23H2,1-2H3. The third-order valence-electron chi connectivity index (χ3n) is 11.3. The normalized spacial score (nSPS) is 23.4. The number of hydrogen-bond donors (Lipinski definition) is 2. The van der Waals surface area contributed by atoms with Crippen LogP contribution in [-0.4, -0.2) is 34.1 Å². The van der Waals surface area contributed by atoms with Gasteiger partial charge in [-0.15, -0.1) is 0 Å². The van der Waals surface area contributed by atoms with Crippen molar-refractivity contribution >= 4 is 39.3 Å². The van der Waals surface area contributed by atoms with Crippen molar-refractivity contribution in [3.8, 4) is 0 Å². The summed E-state index contributed by atoms with van der Waals surface area (Å²) in [4.78, 5) is 24.4. The summed E-state index contributed by atoms with van der Waals surface area (Å²) in [6.07, 6.45) is -0.589. The number of nitrogens with one attached hydrogen (secondary N) is 1. The van der Waals surface area contributed by atoms with Crippen LogP contribution in [0.15, 0.2) is 41.6 Å². The molecule has 0 bridgehead atoms. The molecule has 49 heavy (non-hydrogen) atoms. The number of nitrogens with two attached hydrogens (primary N) is 1. The number of carbonyl (C=O) groups is 2. The molecule has 11 heteroatoms. The number of hydrogen-bond acceptors (Lipinski definition) is 4. The molecule has 5 nitrogen and oxygen atoms in total. The second-order valence-corrected chi connectivity index (χ2v) is 14.2. The molecular weight excluding hydrogens is 644 g/mol. The number of Topliss-reactive ketones (excluding diaryl/α,β-unsaturated/α-hetero) is 2. The quantitative estimate of drug-likeness (QED) is 0.200. The van der Waals surface area contributed by atoms with Crippen LogP contribution in [0.4, 0.5) is 32.0 Å². The van der Waals surface area contributed by atoms with Crippen LogP contribution < -0.4 is 5.73 Å². The van der Waals surface area contributed by atoms with Gasteiger partial charge in [-0.1, -0.05) is 51.7 Å². The summed E-state index contributed by atoms with van der Waals surface area (Å²) in [5, 5.41) is 7.78. The first kappa shape index (κ1) is 35.0. The lowest BCUT2D eigenvalue weighted by Gasteiger charge is -2.37. The predicted octanol–water partition coefficient (Wildman–Crippen LogP) is 9.96. The number of aromatic amines is 1. The van der Waals surface area contributed by atoms with Crippen molar-refractivity contribution in [3.05, 3.63) is 69.4 Å². The molecule has 0 saturated carbocycles. The maximum absolute atomic E-state index is 13.8. The Hall–Kier alpha value is -3.89. The SMILES string of the molecule is CCCCC12CCC(=O)C(C(F)(F)F)=C1c1ccc(N)c(C)c1C2.CCCCC12CCC(=O)C(C(F)(F)F)=C1c1ccc3[nH]ncc3c1C2. The van der Waals surface area contributed by atoms with Gasteiger partial charge in [0.25, 0.3) is 0 Å². The number of nitrogen functional groups attached to an aromatic ring is 1. The number of nitrogens with zero attached hydrogens (tertiary/aromatic N) is 1. The number of H-pyrrole nitrogens is 1. The fourth-order valence-corrected chi connectivity index (χ4v) is 8.93. The summed E-state index contributed by atoms with van der Waals surface area (Å²) >= 11 is 0. The largest absolute Gasteiger partial charge is 0.420 e. The van der Waals surface area contributed by atoms with Crippen molar-refractivity contribution in [1.82, 2.24) is 10.2 Å². The van der Waals surface area contributed by atoms with Gasteiger partial charge in [0, 0.05) is 34.7 Å². The lowest BCUT2D eigenvalue weighted by atomic mass is 9.67. The minimum absolute atomic E-state index is 0.0232. The average Bonchev–Trinajstić information content (AvgIpc) is 3.73. The Morgan fingerprint density at radius 2 is 1.27 bits per heavy atom. The molecule has 4 aliphatic carbocycles. The van der Waals surface area contributed by atoms with E-state index in [1.807, 2.05) is 20.8 Å². The van der Waals surface area contributed by atoms with Crippen LogP contribution in [0.3, 0.4) is 0 Å². The van der Waals surface area contributed by atoms with E-state index < -0.39 is 45.9 Å². The highest BCUT2D eigenvalue weighted by atomic mass is 19.4. The Morgan fingerprint density at radius 1 is 0.776 bits per heavy atom. The molecule has 2 aromatic carbocycles. The highest BCUT2D eigenvalue weighted by molar-refractivity contribution is 6.09. The van der Waals surface area contributed by atoms with Gasteiger partial charge in [0.1, 0.15) is 11.1 Å². The zero-order valence-electron chi connectivity index (χ0n) is 28.0. The summed E-state index contributed by atoms with van der Waals surface area (Å²) in [5.41, 5.74) is 8.66. The minimum atomic E-state index is -4.61. The lowest BCUT2D eigenvalue weighted by molar-refractivity contribution is -0.131. The number of halogens is 6. The molecule has 3 N–H and O–H groups in total. The van der Waals surface area contributed by atoms with Crippen molar-refractivity contribution in [3.63, 3.8) is 0 Å². The van der Waals surface area contributed by atoms with Gasteiger partial charge in [-0.3, -0.25) is 14.7 Å². The van der Waals surface area contributed by atoms with Gasteiger partial charge in [-0.05, 0) is 96.5 Å². The van der Waals surface area contributed by atoms with Gasteiger partial charge in [0.15, 0.2) is 11.6 Å². The maximum Gasteiger partial charge on any atom is 0.420 e. The number of anilines is 1. The lowest BCUT2D eigenvalue weighted by Crippen LogP contribution is -2.34. The van der Waals surface area contributed by atoms with E-state index in [0.717, 1.165) is 53.3 Å². The molecule has 0 saturated heterocycles. The van der Waals surface area contributed by atoms with Crippen LogP contribution in [0.5, 0.6) is 0 Å². The molecule has 0 spiro atoms. The number of benzene rings is 2. The number of allylic oxidation sites excluding steroid dienone is 4. The van der Waals surface area contributed by atoms with Gasteiger partial charge < -0.3 is 5.73 Å². The zero-order chi connectivity index (χ0) is 35.5. The fraction of sp³-hybridized carbons (Fsp3) is 0.500. The summed E-state index contributed by atoms with van der Waals surface area (Å²) in [6, 6.07) is 6.82. The molecule has 2 atom stereocenters. The van der Waals surface area contributed by atoms with Crippen molar-refractivity contribution in [2.45, 2.75) is 110 Å². The summed E-state index contributed by atoms with van der Waals surface area (Å²) in [5.74, 6) is -1.54. The number of aromatic nitrogens is 2. The summed E-state index contributed by atoms with van der Waals surface area (Å²) in [7, 11) is 0. The zero-order valence-corrected chi connectivity index (χ0v) is 28.0. The minimum Gasteiger partial charge on any atom is -0.399 e. The molecule has 4 aliphatic rings. The molecule has 0 aliphatic heterocycles. The van der Waals surface area contributed by atoms with E-state index in [1.165, 1.54) is 0 Å². The second-order valence-electron chi connectivity index (χ2n) is 14.2. The molecular formula is C38H41F6N3O2.